The SMILES string of the molecule is COC(C)c1c(CC#N)nnn1CCCCC#N. The molecule has 0 bridgehead atoms. The van der Waals surface area contributed by atoms with Crippen LogP contribution in [0, 0.1) is 22.7 Å². The molecule has 0 aromatic carbocycles. The molecule has 0 spiro atoms. The van der Waals surface area contributed by atoms with Gasteiger partial charge in [-0.05, 0) is 19.8 Å². The van der Waals surface area contributed by atoms with E-state index in [0.29, 0.717) is 18.7 Å². The molecule has 0 amide bonds. The van der Waals surface area contributed by atoms with Gasteiger partial charge in [0.2, 0.25) is 0 Å². The maximum absolute atomic E-state index is 8.75. The molecule has 6 heteroatoms. The number of aryl methyl sites for hydroxylation is 1. The van der Waals surface area contributed by atoms with Crippen LogP contribution in [0.3, 0.4) is 0 Å². The summed E-state index contributed by atoms with van der Waals surface area (Å²) in [7, 11) is 1.62. The van der Waals surface area contributed by atoms with Crippen molar-refractivity contribution in [3.63, 3.8) is 0 Å². The zero-order valence-electron chi connectivity index (χ0n) is 10.8. The van der Waals surface area contributed by atoms with Crippen molar-refractivity contribution in [3.8, 4) is 12.1 Å². The molecule has 0 aliphatic carbocycles. The number of nitriles is 2. The minimum atomic E-state index is -0.140. The van der Waals surface area contributed by atoms with E-state index in [1.165, 1.54) is 0 Å². The fourth-order valence-electron chi connectivity index (χ4n) is 1.74. The molecule has 0 radical (unpaired) electrons. The Hall–Kier alpha value is -1.92. The molecule has 0 fully saturated rings. The molecule has 1 heterocycles. The van der Waals surface area contributed by atoms with Gasteiger partial charge < -0.3 is 4.74 Å². The fraction of sp³-hybridized carbons (Fsp3) is 0.667. The van der Waals surface area contributed by atoms with Crippen LogP contribution in [0.25, 0.3) is 0 Å². The molecular formula is C12H17N5O. The van der Waals surface area contributed by atoms with Gasteiger partial charge in [0.25, 0.3) is 0 Å². The number of methoxy groups -OCH3 is 1. The monoisotopic (exact) mass is 247 g/mol. The molecule has 0 saturated carbocycles. The van der Waals surface area contributed by atoms with Crippen LogP contribution in [0.4, 0.5) is 0 Å². The van der Waals surface area contributed by atoms with Gasteiger partial charge in [-0.25, -0.2) is 4.68 Å². The quantitative estimate of drug-likeness (QED) is 0.685. The maximum atomic E-state index is 8.75. The standard InChI is InChI=1S/C12H17N5O/c1-10(18-2)12-11(6-8-14)15-16-17(12)9-5-3-4-7-13/h10H,3-6,9H2,1-2H3. The molecule has 0 N–H and O–H groups in total. The molecule has 18 heavy (non-hydrogen) atoms. The molecule has 1 aromatic heterocycles. The maximum Gasteiger partial charge on any atom is 0.103 e. The third-order valence-corrected chi connectivity index (χ3v) is 2.74. The lowest BCUT2D eigenvalue weighted by atomic mass is 10.1. The highest BCUT2D eigenvalue weighted by atomic mass is 16.5. The lowest BCUT2D eigenvalue weighted by molar-refractivity contribution is 0.110. The van der Waals surface area contributed by atoms with Crippen LogP contribution >= 0.6 is 0 Å². The number of ether oxygens (including phenoxy) is 1. The van der Waals surface area contributed by atoms with Gasteiger partial charge in [0.1, 0.15) is 5.69 Å². The largest absolute Gasteiger partial charge is 0.375 e. The van der Waals surface area contributed by atoms with E-state index in [0.717, 1.165) is 18.5 Å². The Labute approximate surface area is 107 Å². The number of nitrogens with zero attached hydrogens (tertiary/aromatic N) is 5. The predicted octanol–water partition coefficient (Wildman–Crippen LogP) is 1.75. The summed E-state index contributed by atoms with van der Waals surface area (Å²) in [6.07, 6.45) is 2.35. The second-order valence-electron chi connectivity index (χ2n) is 3.97. The van der Waals surface area contributed by atoms with Crippen molar-refractivity contribution in [2.45, 2.75) is 45.3 Å². The second kappa shape index (κ2) is 7.41. The van der Waals surface area contributed by atoms with E-state index in [4.69, 9.17) is 15.3 Å². The Kier molecular flexibility index (Phi) is 5.83. The Bertz CT molecular complexity index is 454. The van der Waals surface area contributed by atoms with Gasteiger partial charge in [-0.1, -0.05) is 5.21 Å². The predicted molar refractivity (Wildman–Crippen MR) is 64.2 cm³/mol. The third-order valence-electron chi connectivity index (χ3n) is 2.74. The highest BCUT2D eigenvalue weighted by Crippen LogP contribution is 2.19. The van der Waals surface area contributed by atoms with E-state index in [1.54, 1.807) is 11.8 Å². The van der Waals surface area contributed by atoms with Gasteiger partial charge in [-0.3, -0.25) is 0 Å². The average molecular weight is 247 g/mol. The van der Waals surface area contributed by atoms with E-state index in [1.807, 2.05) is 6.92 Å². The third kappa shape index (κ3) is 3.54. The molecule has 0 aliphatic rings. The van der Waals surface area contributed by atoms with E-state index in [9.17, 15) is 0 Å². The first-order chi connectivity index (χ1) is 8.74. The van der Waals surface area contributed by atoms with Gasteiger partial charge in [0.15, 0.2) is 0 Å². The Balaban J connectivity index is 2.78. The lowest BCUT2D eigenvalue weighted by Gasteiger charge is -2.12. The normalized spacial score (nSPS) is 11.8. The van der Waals surface area contributed by atoms with Crippen LogP contribution in [0.1, 0.15) is 43.7 Å². The molecule has 96 valence electrons. The number of aromatic nitrogens is 3. The highest BCUT2D eigenvalue weighted by Gasteiger charge is 2.18. The number of hydrogen-bond acceptors (Lipinski definition) is 5. The number of hydrogen-bond donors (Lipinski definition) is 0. The molecule has 1 rings (SSSR count). The van der Waals surface area contributed by atoms with E-state index in [-0.39, 0.29) is 12.5 Å². The summed E-state index contributed by atoms with van der Waals surface area (Å²) < 4.78 is 7.06. The van der Waals surface area contributed by atoms with Crippen molar-refractivity contribution < 1.29 is 4.74 Å². The van der Waals surface area contributed by atoms with Gasteiger partial charge in [-0.15, -0.1) is 5.10 Å². The van der Waals surface area contributed by atoms with Crippen molar-refractivity contribution in [3.05, 3.63) is 11.4 Å². The zero-order valence-corrected chi connectivity index (χ0v) is 10.8. The summed E-state index contributed by atoms with van der Waals surface area (Å²) in [5.41, 5.74) is 1.53. The Morgan fingerprint density at radius 1 is 1.33 bits per heavy atom. The lowest BCUT2D eigenvalue weighted by Crippen LogP contribution is -2.10. The van der Waals surface area contributed by atoms with Crippen molar-refractivity contribution in [1.82, 2.24) is 15.0 Å². The summed E-state index contributed by atoms with van der Waals surface area (Å²) in [6.45, 7) is 2.61. The van der Waals surface area contributed by atoms with Crippen molar-refractivity contribution in [2.24, 2.45) is 0 Å². The van der Waals surface area contributed by atoms with Crippen LogP contribution in [0.5, 0.6) is 0 Å². The minimum absolute atomic E-state index is 0.140. The summed E-state index contributed by atoms with van der Waals surface area (Å²) in [5.74, 6) is 0. The van der Waals surface area contributed by atoms with Gasteiger partial charge in [-0.2, -0.15) is 10.5 Å². The van der Waals surface area contributed by atoms with Crippen molar-refractivity contribution in [1.29, 1.82) is 10.5 Å². The summed E-state index contributed by atoms with van der Waals surface area (Å²) in [4.78, 5) is 0. The first kappa shape index (κ1) is 14.1. The molecule has 6 nitrogen and oxygen atoms in total. The molecular weight excluding hydrogens is 230 g/mol. The summed E-state index contributed by atoms with van der Waals surface area (Å²) >= 11 is 0. The smallest absolute Gasteiger partial charge is 0.103 e. The van der Waals surface area contributed by atoms with E-state index < -0.39 is 0 Å². The highest BCUT2D eigenvalue weighted by molar-refractivity contribution is 5.16. The van der Waals surface area contributed by atoms with Gasteiger partial charge in [0.05, 0.1) is 30.4 Å². The van der Waals surface area contributed by atoms with Gasteiger partial charge >= 0.3 is 0 Å². The summed E-state index contributed by atoms with van der Waals surface area (Å²) in [6, 6.07) is 4.19. The van der Waals surface area contributed by atoms with Gasteiger partial charge in [0, 0.05) is 20.1 Å². The summed E-state index contributed by atoms with van der Waals surface area (Å²) in [5, 5.41) is 25.3. The van der Waals surface area contributed by atoms with Crippen LogP contribution in [0.15, 0.2) is 0 Å². The Morgan fingerprint density at radius 2 is 2.11 bits per heavy atom. The molecule has 0 aliphatic heterocycles. The Morgan fingerprint density at radius 3 is 2.72 bits per heavy atom. The first-order valence-electron chi connectivity index (χ1n) is 5.93. The first-order valence-corrected chi connectivity index (χ1v) is 5.93. The number of unbranched alkanes of at least 4 members (excludes halogenated alkanes) is 2. The molecule has 0 saturated heterocycles. The second-order valence-corrected chi connectivity index (χ2v) is 3.97. The van der Waals surface area contributed by atoms with Crippen LogP contribution in [-0.2, 0) is 17.7 Å². The zero-order chi connectivity index (χ0) is 13.4. The number of rotatable bonds is 7. The average Bonchev–Trinajstić information content (AvgIpc) is 2.77. The molecule has 1 atom stereocenters. The van der Waals surface area contributed by atoms with E-state index in [2.05, 4.69) is 22.5 Å². The van der Waals surface area contributed by atoms with Crippen molar-refractivity contribution >= 4 is 0 Å². The van der Waals surface area contributed by atoms with Crippen LogP contribution in [-0.4, -0.2) is 22.1 Å². The molecule has 1 aromatic rings. The van der Waals surface area contributed by atoms with E-state index >= 15 is 0 Å². The topological polar surface area (TPSA) is 87.5 Å². The van der Waals surface area contributed by atoms with Crippen LogP contribution in [0.2, 0.25) is 0 Å². The van der Waals surface area contributed by atoms with Crippen LogP contribution < -0.4 is 0 Å². The molecule has 1 unspecified atom stereocenters. The van der Waals surface area contributed by atoms with Crippen molar-refractivity contribution in [2.75, 3.05) is 7.11 Å². The minimum Gasteiger partial charge on any atom is -0.375 e. The fourth-order valence-corrected chi connectivity index (χ4v) is 1.74.